The van der Waals surface area contributed by atoms with E-state index in [0.717, 1.165) is 68.2 Å². The van der Waals surface area contributed by atoms with Gasteiger partial charge in [-0.05, 0) is 97.4 Å². The Morgan fingerprint density at radius 2 is 1.66 bits per heavy atom. The van der Waals surface area contributed by atoms with Gasteiger partial charge in [-0.3, -0.25) is 9.69 Å². The van der Waals surface area contributed by atoms with Gasteiger partial charge in [-0.15, -0.1) is 0 Å². The van der Waals surface area contributed by atoms with E-state index < -0.39 is 11.7 Å². The normalized spacial score (nSPS) is 17.5. The third kappa shape index (κ3) is 6.51. The summed E-state index contributed by atoms with van der Waals surface area (Å²) in [6, 6.07) is 15.1. The number of carbonyl (C=O) groups excluding carboxylic acids is 1. The van der Waals surface area contributed by atoms with E-state index in [9.17, 15) is 18.0 Å². The van der Waals surface area contributed by atoms with E-state index in [4.69, 9.17) is 11.6 Å². The fourth-order valence-electron chi connectivity index (χ4n) is 5.32. The lowest BCUT2D eigenvalue weighted by Gasteiger charge is -2.33. The van der Waals surface area contributed by atoms with Gasteiger partial charge in [0, 0.05) is 49.2 Å². The molecule has 0 aliphatic carbocycles. The average Bonchev–Trinajstić information content (AvgIpc) is 3.38. The first kappa shape index (κ1) is 26.6. The Hall–Kier alpha value is -3.03. The summed E-state index contributed by atoms with van der Waals surface area (Å²) in [7, 11) is 0. The molecule has 3 aromatic rings. The predicted octanol–water partition coefficient (Wildman–Crippen LogP) is 7.07. The van der Waals surface area contributed by atoms with E-state index in [1.807, 2.05) is 52.2 Å². The molecule has 5 rings (SSSR count). The summed E-state index contributed by atoms with van der Waals surface area (Å²) in [5, 5.41) is 0.726. The van der Waals surface area contributed by atoms with Crippen LogP contribution in [0.1, 0.15) is 42.4 Å². The monoisotopic (exact) mass is 541 g/mol. The molecular formula is C30H31ClF3N3O. The van der Waals surface area contributed by atoms with E-state index >= 15 is 0 Å². The van der Waals surface area contributed by atoms with Crippen molar-refractivity contribution in [2.24, 2.45) is 5.92 Å². The van der Waals surface area contributed by atoms with Gasteiger partial charge in [0.2, 0.25) is 5.91 Å². The minimum absolute atomic E-state index is 0.239. The van der Waals surface area contributed by atoms with Gasteiger partial charge in [0.25, 0.3) is 0 Å². The number of nitrogens with zero attached hydrogens (tertiary/aromatic N) is 3. The van der Waals surface area contributed by atoms with E-state index in [1.54, 1.807) is 0 Å². The average molecular weight is 542 g/mol. The van der Waals surface area contributed by atoms with Crippen molar-refractivity contribution in [2.75, 3.05) is 26.2 Å². The van der Waals surface area contributed by atoms with Crippen LogP contribution in [0.2, 0.25) is 5.02 Å². The lowest BCUT2D eigenvalue weighted by Crippen LogP contribution is -2.38. The molecule has 0 atom stereocenters. The molecule has 8 heteroatoms. The molecule has 0 spiro atoms. The number of hydrogen-bond donors (Lipinski definition) is 0. The first-order valence-electron chi connectivity index (χ1n) is 13.0. The molecule has 0 N–H and O–H groups in total. The van der Waals surface area contributed by atoms with Gasteiger partial charge in [0.05, 0.1) is 5.56 Å². The fraction of sp³-hybridized carbons (Fsp3) is 0.367. The zero-order chi connectivity index (χ0) is 26.7. The Bertz CT molecular complexity index is 1270. The molecule has 1 fully saturated rings. The van der Waals surface area contributed by atoms with Gasteiger partial charge in [-0.2, -0.15) is 13.2 Å². The molecule has 200 valence electrons. The summed E-state index contributed by atoms with van der Waals surface area (Å²) in [5.41, 5.74) is 3.62. The summed E-state index contributed by atoms with van der Waals surface area (Å²) >= 11 is 5.99. The maximum atomic E-state index is 12.9. The lowest BCUT2D eigenvalue weighted by molar-refractivity contribution is -0.137. The topological polar surface area (TPSA) is 28.5 Å². The Balaban J connectivity index is 1.07. The molecule has 4 nitrogen and oxygen atoms in total. The number of alkyl halides is 3. The number of hydrogen-bond acceptors (Lipinski definition) is 2. The third-order valence-corrected chi connectivity index (χ3v) is 7.85. The molecule has 3 heterocycles. The van der Waals surface area contributed by atoms with Crippen LogP contribution in [0, 0.1) is 5.92 Å². The number of aromatic nitrogens is 1. The molecule has 1 aromatic heterocycles. The number of rotatable bonds is 6. The van der Waals surface area contributed by atoms with Crippen molar-refractivity contribution in [3.63, 3.8) is 0 Å². The number of benzene rings is 2. The number of halogens is 4. The molecule has 2 aromatic carbocycles. The highest BCUT2D eigenvalue weighted by atomic mass is 35.5. The van der Waals surface area contributed by atoms with Crippen molar-refractivity contribution in [3.8, 4) is 5.69 Å². The Morgan fingerprint density at radius 1 is 0.947 bits per heavy atom. The standard InChI is InChI=1S/C30H31ClF3N3O/c31-27-5-1-24(2-6-27)25-12-17-36(18-13-25)29(38)19-22-9-14-35(15-10-22)20-23-11-16-37(21-23)28-7-3-26(4-8-28)30(32,33)34/h1-8,11-12,16,21-22H,9-10,13-15,17-20H2. The van der Waals surface area contributed by atoms with E-state index in [-0.39, 0.29) is 5.91 Å². The summed E-state index contributed by atoms with van der Waals surface area (Å²) in [4.78, 5) is 17.3. The minimum Gasteiger partial charge on any atom is -0.339 e. The van der Waals surface area contributed by atoms with Crippen LogP contribution in [-0.4, -0.2) is 46.5 Å². The second kappa shape index (κ2) is 11.4. The quantitative estimate of drug-likeness (QED) is 0.334. The van der Waals surface area contributed by atoms with Crippen LogP contribution >= 0.6 is 11.6 Å². The van der Waals surface area contributed by atoms with Crippen molar-refractivity contribution in [1.29, 1.82) is 0 Å². The van der Waals surface area contributed by atoms with Crippen LogP contribution in [0.15, 0.2) is 73.1 Å². The number of likely N-dealkylation sites (tertiary alicyclic amines) is 1. The lowest BCUT2D eigenvalue weighted by atomic mass is 9.92. The zero-order valence-electron chi connectivity index (χ0n) is 21.1. The van der Waals surface area contributed by atoms with Gasteiger partial charge in [-0.1, -0.05) is 29.8 Å². The molecule has 1 amide bonds. The first-order chi connectivity index (χ1) is 18.2. The van der Waals surface area contributed by atoms with Crippen LogP contribution in [-0.2, 0) is 17.5 Å². The molecule has 2 aliphatic heterocycles. The highest BCUT2D eigenvalue weighted by Gasteiger charge is 2.30. The molecule has 0 radical (unpaired) electrons. The molecule has 2 aliphatic rings. The largest absolute Gasteiger partial charge is 0.416 e. The molecule has 1 saturated heterocycles. The van der Waals surface area contributed by atoms with Gasteiger partial charge in [0.15, 0.2) is 0 Å². The summed E-state index contributed by atoms with van der Waals surface area (Å²) in [6.07, 6.45) is 5.12. The minimum atomic E-state index is -4.33. The summed E-state index contributed by atoms with van der Waals surface area (Å²) < 4.78 is 40.3. The van der Waals surface area contributed by atoms with E-state index in [1.165, 1.54) is 23.3 Å². The van der Waals surface area contributed by atoms with Crippen molar-refractivity contribution >= 4 is 23.1 Å². The molecule has 38 heavy (non-hydrogen) atoms. The Kier molecular flexibility index (Phi) is 7.96. The van der Waals surface area contributed by atoms with Crippen molar-refractivity contribution < 1.29 is 18.0 Å². The Labute approximate surface area is 226 Å². The van der Waals surface area contributed by atoms with Gasteiger partial charge < -0.3 is 9.47 Å². The van der Waals surface area contributed by atoms with Crippen LogP contribution < -0.4 is 0 Å². The van der Waals surface area contributed by atoms with Crippen molar-refractivity contribution in [3.05, 3.63) is 94.8 Å². The molecule has 0 bridgehead atoms. The maximum absolute atomic E-state index is 12.9. The summed E-state index contributed by atoms with van der Waals surface area (Å²) in [5.74, 6) is 0.639. The molecule has 0 unspecified atom stereocenters. The van der Waals surface area contributed by atoms with Gasteiger partial charge in [0.1, 0.15) is 0 Å². The van der Waals surface area contributed by atoms with Crippen LogP contribution in [0.5, 0.6) is 0 Å². The molecule has 0 saturated carbocycles. The zero-order valence-corrected chi connectivity index (χ0v) is 21.9. The predicted molar refractivity (Wildman–Crippen MR) is 144 cm³/mol. The first-order valence-corrected chi connectivity index (χ1v) is 13.4. The number of piperidine rings is 1. The third-order valence-electron chi connectivity index (χ3n) is 7.60. The maximum Gasteiger partial charge on any atom is 0.416 e. The highest BCUT2D eigenvalue weighted by molar-refractivity contribution is 6.30. The van der Waals surface area contributed by atoms with E-state index in [2.05, 4.69) is 11.0 Å². The second-order valence-electron chi connectivity index (χ2n) is 10.2. The number of amides is 1. The van der Waals surface area contributed by atoms with Crippen molar-refractivity contribution in [1.82, 2.24) is 14.4 Å². The van der Waals surface area contributed by atoms with Crippen molar-refractivity contribution in [2.45, 2.75) is 38.4 Å². The summed E-state index contributed by atoms with van der Waals surface area (Å²) in [6.45, 7) is 4.07. The van der Waals surface area contributed by atoms with Crippen LogP contribution in [0.25, 0.3) is 11.3 Å². The van der Waals surface area contributed by atoms with Crippen LogP contribution in [0.4, 0.5) is 13.2 Å². The fourth-order valence-corrected chi connectivity index (χ4v) is 5.45. The Morgan fingerprint density at radius 3 is 2.29 bits per heavy atom. The van der Waals surface area contributed by atoms with Gasteiger partial charge >= 0.3 is 6.18 Å². The van der Waals surface area contributed by atoms with Gasteiger partial charge in [-0.25, -0.2) is 0 Å². The van der Waals surface area contributed by atoms with E-state index in [0.29, 0.717) is 24.6 Å². The highest BCUT2D eigenvalue weighted by Crippen LogP contribution is 2.30. The van der Waals surface area contributed by atoms with Crippen LogP contribution in [0.3, 0.4) is 0 Å². The SMILES string of the molecule is O=C(CC1CCN(Cc2ccn(-c3ccc(C(F)(F)F)cc3)c2)CC1)N1CC=C(c2ccc(Cl)cc2)CC1. The smallest absolute Gasteiger partial charge is 0.339 e. The number of carbonyl (C=O) groups is 1. The molecular weight excluding hydrogens is 511 g/mol. The second-order valence-corrected chi connectivity index (χ2v) is 10.7.